The molecule has 0 spiro atoms. The fourth-order valence-corrected chi connectivity index (χ4v) is 4.21. The number of benzene rings is 2. The van der Waals surface area contributed by atoms with Crippen LogP contribution in [0.2, 0.25) is 0 Å². The van der Waals surface area contributed by atoms with E-state index in [1.165, 1.54) is 6.33 Å². The van der Waals surface area contributed by atoms with E-state index in [2.05, 4.69) is 37.1 Å². The second-order valence-electron chi connectivity index (χ2n) is 8.08. The van der Waals surface area contributed by atoms with Gasteiger partial charge in [-0.3, -0.25) is 4.79 Å². The lowest BCUT2D eigenvalue weighted by molar-refractivity contribution is -0.123. The summed E-state index contributed by atoms with van der Waals surface area (Å²) in [6.45, 7) is 2.09. The van der Waals surface area contributed by atoms with Gasteiger partial charge in [0.25, 0.3) is 0 Å². The molecule has 0 radical (unpaired) electrons. The van der Waals surface area contributed by atoms with Crippen molar-refractivity contribution in [2.24, 2.45) is 5.92 Å². The first-order valence-corrected chi connectivity index (χ1v) is 11.1. The van der Waals surface area contributed by atoms with Crippen LogP contribution in [-0.4, -0.2) is 43.7 Å². The normalized spacial score (nSPS) is 14.2. The number of carbonyl (C=O) groups is 1. The molecular formula is C25H25N7O. The largest absolute Gasteiger partial charge is 0.356 e. The lowest BCUT2D eigenvalue weighted by Gasteiger charge is -2.35. The minimum Gasteiger partial charge on any atom is -0.356 e. The van der Waals surface area contributed by atoms with Gasteiger partial charge in [-0.25, -0.2) is 19.6 Å². The molecule has 2 aromatic carbocycles. The molecule has 4 aromatic rings. The summed E-state index contributed by atoms with van der Waals surface area (Å²) in [4.78, 5) is 30.4. The maximum Gasteiger partial charge on any atom is 0.230 e. The second-order valence-corrected chi connectivity index (χ2v) is 8.08. The van der Waals surface area contributed by atoms with E-state index in [4.69, 9.17) is 0 Å². The molecule has 0 atom stereocenters. The summed E-state index contributed by atoms with van der Waals surface area (Å²) in [5, 5.41) is 4.14. The topological polar surface area (TPSA) is 80.0 Å². The van der Waals surface area contributed by atoms with Crippen molar-refractivity contribution in [1.29, 1.82) is 0 Å². The SMILES string of the molecule is O=C(C1CCN(c2cc(-n3cncn3)ncn2)CC1)N(Cc1ccccc1)c1ccccc1. The molecule has 1 aliphatic heterocycles. The third-order valence-corrected chi connectivity index (χ3v) is 5.98. The van der Waals surface area contributed by atoms with E-state index in [0.717, 1.165) is 43.0 Å². The Bertz CT molecular complexity index is 1170. The fraction of sp³-hybridized carbons (Fsp3) is 0.240. The third-order valence-electron chi connectivity index (χ3n) is 5.98. The minimum absolute atomic E-state index is 0.0261. The molecule has 8 heteroatoms. The molecule has 0 unspecified atom stereocenters. The fourth-order valence-electron chi connectivity index (χ4n) is 4.21. The van der Waals surface area contributed by atoms with Crippen LogP contribution in [0.4, 0.5) is 11.5 Å². The van der Waals surface area contributed by atoms with Gasteiger partial charge < -0.3 is 9.80 Å². The van der Waals surface area contributed by atoms with Gasteiger partial charge in [0.15, 0.2) is 5.82 Å². The molecule has 1 saturated heterocycles. The van der Waals surface area contributed by atoms with E-state index in [-0.39, 0.29) is 11.8 Å². The van der Waals surface area contributed by atoms with E-state index >= 15 is 0 Å². The summed E-state index contributed by atoms with van der Waals surface area (Å²) in [7, 11) is 0. The Labute approximate surface area is 192 Å². The van der Waals surface area contributed by atoms with Crippen molar-refractivity contribution in [3.8, 4) is 5.82 Å². The quantitative estimate of drug-likeness (QED) is 0.457. The number of rotatable bonds is 6. The maximum absolute atomic E-state index is 13.6. The highest BCUT2D eigenvalue weighted by Crippen LogP contribution is 2.27. The van der Waals surface area contributed by atoms with E-state index in [0.29, 0.717) is 12.4 Å². The average molecular weight is 440 g/mol. The first-order valence-electron chi connectivity index (χ1n) is 11.1. The number of para-hydroxylation sites is 1. The summed E-state index contributed by atoms with van der Waals surface area (Å²) >= 11 is 0. The first kappa shape index (κ1) is 20.8. The molecule has 166 valence electrons. The highest BCUT2D eigenvalue weighted by Gasteiger charge is 2.30. The standard InChI is InChI=1S/C25H25N7O/c33-25(31(22-9-5-2-6-10-22)16-20-7-3-1-4-8-20)21-11-13-30(14-12-21)23-15-24(28-18-27-23)32-19-26-17-29-32/h1-10,15,17-19,21H,11-14,16H2. The molecule has 2 aromatic heterocycles. The number of hydrogen-bond donors (Lipinski definition) is 0. The Morgan fingerprint density at radius 3 is 2.30 bits per heavy atom. The summed E-state index contributed by atoms with van der Waals surface area (Å²) in [6, 6.07) is 22.0. The number of carbonyl (C=O) groups excluding carboxylic acids is 1. The van der Waals surface area contributed by atoms with Gasteiger partial charge in [-0.1, -0.05) is 48.5 Å². The Morgan fingerprint density at radius 2 is 1.61 bits per heavy atom. The minimum atomic E-state index is -0.0261. The van der Waals surface area contributed by atoms with Gasteiger partial charge in [-0.05, 0) is 30.5 Å². The molecule has 8 nitrogen and oxygen atoms in total. The van der Waals surface area contributed by atoms with Crippen molar-refractivity contribution in [3.05, 3.63) is 91.3 Å². The van der Waals surface area contributed by atoms with Gasteiger partial charge in [-0.2, -0.15) is 5.10 Å². The molecule has 1 aliphatic rings. The lowest BCUT2D eigenvalue weighted by Crippen LogP contribution is -2.42. The van der Waals surface area contributed by atoms with Crippen LogP contribution in [0.25, 0.3) is 5.82 Å². The molecule has 1 amide bonds. The monoisotopic (exact) mass is 439 g/mol. The average Bonchev–Trinajstić information content (AvgIpc) is 3.44. The summed E-state index contributed by atoms with van der Waals surface area (Å²) < 4.78 is 1.61. The number of amides is 1. The van der Waals surface area contributed by atoms with Crippen LogP contribution in [-0.2, 0) is 11.3 Å². The zero-order chi connectivity index (χ0) is 22.5. The molecule has 1 fully saturated rings. The molecule has 5 rings (SSSR count). The van der Waals surface area contributed by atoms with Crippen LogP contribution in [0, 0.1) is 5.92 Å². The van der Waals surface area contributed by atoms with Crippen molar-refractivity contribution >= 4 is 17.4 Å². The van der Waals surface area contributed by atoms with E-state index in [1.54, 1.807) is 17.3 Å². The first-order chi connectivity index (χ1) is 16.3. The van der Waals surface area contributed by atoms with Gasteiger partial charge >= 0.3 is 0 Å². The summed E-state index contributed by atoms with van der Waals surface area (Å²) in [5.41, 5.74) is 2.05. The molecule has 0 saturated carbocycles. The second kappa shape index (κ2) is 9.60. The Morgan fingerprint density at radius 1 is 0.909 bits per heavy atom. The predicted molar refractivity (Wildman–Crippen MR) is 126 cm³/mol. The number of anilines is 2. The molecule has 3 heterocycles. The molecular weight excluding hydrogens is 414 g/mol. The van der Waals surface area contributed by atoms with Gasteiger partial charge in [-0.15, -0.1) is 0 Å². The highest BCUT2D eigenvalue weighted by molar-refractivity contribution is 5.95. The van der Waals surface area contributed by atoms with Crippen molar-refractivity contribution in [3.63, 3.8) is 0 Å². The zero-order valence-electron chi connectivity index (χ0n) is 18.2. The van der Waals surface area contributed by atoms with Crippen molar-refractivity contribution < 1.29 is 4.79 Å². The number of hydrogen-bond acceptors (Lipinski definition) is 6. The number of piperidine rings is 1. The highest BCUT2D eigenvalue weighted by atomic mass is 16.2. The van der Waals surface area contributed by atoms with Crippen LogP contribution in [0.5, 0.6) is 0 Å². The Kier molecular flexibility index (Phi) is 6.06. The zero-order valence-corrected chi connectivity index (χ0v) is 18.2. The molecule has 0 bridgehead atoms. The predicted octanol–water partition coefficient (Wildman–Crippen LogP) is 3.51. The van der Waals surface area contributed by atoms with Gasteiger partial charge in [0, 0.05) is 30.8 Å². The lowest BCUT2D eigenvalue weighted by atomic mass is 9.94. The summed E-state index contributed by atoms with van der Waals surface area (Å²) in [5.74, 6) is 1.66. The summed E-state index contributed by atoms with van der Waals surface area (Å²) in [6.07, 6.45) is 6.19. The number of nitrogens with zero attached hydrogens (tertiary/aromatic N) is 7. The van der Waals surface area contributed by atoms with Crippen LogP contribution >= 0.6 is 0 Å². The van der Waals surface area contributed by atoms with Crippen LogP contribution in [0.1, 0.15) is 18.4 Å². The van der Waals surface area contributed by atoms with Crippen LogP contribution in [0.15, 0.2) is 85.7 Å². The van der Waals surface area contributed by atoms with Gasteiger partial charge in [0.2, 0.25) is 5.91 Å². The van der Waals surface area contributed by atoms with E-state index in [1.807, 2.05) is 59.5 Å². The van der Waals surface area contributed by atoms with Gasteiger partial charge in [0.1, 0.15) is 24.8 Å². The van der Waals surface area contributed by atoms with Crippen LogP contribution < -0.4 is 9.80 Å². The Hall–Kier alpha value is -4.07. The number of aromatic nitrogens is 5. The molecule has 33 heavy (non-hydrogen) atoms. The van der Waals surface area contributed by atoms with Crippen molar-refractivity contribution in [2.75, 3.05) is 22.9 Å². The van der Waals surface area contributed by atoms with E-state index in [9.17, 15) is 4.79 Å². The smallest absolute Gasteiger partial charge is 0.230 e. The van der Waals surface area contributed by atoms with Gasteiger partial charge in [0.05, 0.1) is 6.54 Å². The van der Waals surface area contributed by atoms with Crippen molar-refractivity contribution in [2.45, 2.75) is 19.4 Å². The maximum atomic E-state index is 13.6. The molecule has 0 N–H and O–H groups in total. The van der Waals surface area contributed by atoms with Crippen LogP contribution in [0.3, 0.4) is 0 Å². The Balaban J connectivity index is 1.29. The third kappa shape index (κ3) is 4.74. The molecule has 0 aliphatic carbocycles. The van der Waals surface area contributed by atoms with Crippen molar-refractivity contribution in [1.82, 2.24) is 24.7 Å². The van der Waals surface area contributed by atoms with E-state index < -0.39 is 0 Å².